The van der Waals surface area contributed by atoms with Crippen molar-refractivity contribution in [2.24, 2.45) is 0 Å². The molecule has 1 fully saturated rings. The second kappa shape index (κ2) is 8.55. The van der Waals surface area contributed by atoms with Crippen LogP contribution < -0.4 is 0 Å². The lowest BCUT2D eigenvalue weighted by atomic mass is 9.97. The fraction of sp³-hybridized carbons (Fsp3) is 0.579. The molecule has 0 spiro atoms. The van der Waals surface area contributed by atoms with Crippen LogP contribution in [0.4, 0.5) is 0 Å². The van der Waals surface area contributed by atoms with Crippen LogP contribution >= 0.6 is 0 Å². The Kier molecular flexibility index (Phi) is 6.13. The van der Waals surface area contributed by atoms with E-state index in [-0.39, 0.29) is 18.4 Å². The van der Waals surface area contributed by atoms with E-state index in [1.165, 1.54) is 0 Å². The molecule has 1 atom stereocenters. The van der Waals surface area contributed by atoms with E-state index in [2.05, 4.69) is 15.1 Å². The van der Waals surface area contributed by atoms with Crippen molar-refractivity contribution in [3.63, 3.8) is 0 Å². The lowest BCUT2D eigenvalue weighted by Crippen LogP contribution is -2.39. The molecule has 9 nitrogen and oxygen atoms in total. The Bertz CT molecular complexity index is 857. The molecule has 0 saturated carbocycles. The van der Waals surface area contributed by atoms with Gasteiger partial charge < -0.3 is 23.9 Å². The van der Waals surface area contributed by atoms with Crippen LogP contribution in [0.3, 0.4) is 0 Å². The summed E-state index contributed by atoms with van der Waals surface area (Å²) < 4.78 is 15.4. The Hall–Kier alpha value is -2.68. The van der Waals surface area contributed by atoms with Crippen LogP contribution in [0.1, 0.15) is 62.6 Å². The smallest absolute Gasteiger partial charge is 0.340 e. The lowest BCUT2D eigenvalue weighted by Gasteiger charge is -2.31. The van der Waals surface area contributed by atoms with E-state index in [0.717, 1.165) is 12.8 Å². The number of aromatic nitrogens is 3. The largest absolute Gasteiger partial charge is 0.460 e. The molecule has 2 aromatic rings. The van der Waals surface area contributed by atoms with Crippen molar-refractivity contribution >= 4 is 11.9 Å². The van der Waals surface area contributed by atoms with Gasteiger partial charge in [-0.2, -0.15) is 4.98 Å². The third-order valence-corrected chi connectivity index (χ3v) is 4.98. The molecule has 28 heavy (non-hydrogen) atoms. The van der Waals surface area contributed by atoms with Crippen LogP contribution in [0.2, 0.25) is 0 Å². The summed E-state index contributed by atoms with van der Waals surface area (Å²) in [6.07, 6.45) is 1.74. The van der Waals surface area contributed by atoms with Crippen molar-refractivity contribution in [3.8, 4) is 0 Å². The molecule has 2 aromatic heterocycles. The Morgan fingerprint density at radius 2 is 2.07 bits per heavy atom. The zero-order valence-electron chi connectivity index (χ0n) is 16.7. The van der Waals surface area contributed by atoms with Gasteiger partial charge in [0.1, 0.15) is 12.3 Å². The van der Waals surface area contributed by atoms with Crippen molar-refractivity contribution in [1.29, 1.82) is 0 Å². The standard InChI is InChI=1S/C19H26N4O5/c1-11-15(19(25)27-9-8-26-4)12(2)20-16(11)18(24)23-7-5-6-14(10-23)17-21-13(3)22-28-17/h14,20H,5-10H2,1-4H3. The van der Waals surface area contributed by atoms with Gasteiger partial charge in [-0.15, -0.1) is 0 Å². The van der Waals surface area contributed by atoms with Gasteiger partial charge in [0.25, 0.3) is 5.91 Å². The number of carbonyl (C=O) groups excluding carboxylic acids is 2. The first-order valence-corrected chi connectivity index (χ1v) is 9.37. The van der Waals surface area contributed by atoms with Crippen molar-refractivity contribution < 1.29 is 23.6 Å². The second-order valence-corrected chi connectivity index (χ2v) is 7.02. The van der Waals surface area contributed by atoms with E-state index in [1.807, 2.05) is 0 Å². The summed E-state index contributed by atoms with van der Waals surface area (Å²) in [5, 5.41) is 3.84. The molecule has 0 bridgehead atoms. The van der Waals surface area contributed by atoms with Gasteiger partial charge in [-0.3, -0.25) is 4.79 Å². The minimum atomic E-state index is -0.458. The molecule has 0 aliphatic carbocycles. The van der Waals surface area contributed by atoms with Gasteiger partial charge in [-0.1, -0.05) is 5.16 Å². The minimum absolute atomic E-state index is 0.0220. The number of methoxy groups -OCH3 is 1. The van der Waals surface area contributed by atoms with Crippen molar-refractivity contribution in [1.82, 2.24) is 20.0 Å². The molecule has 1 amide bonds. The monoisotopic (exact) mass is 390 g/mol. The first-order chi connectivity index (χ1) is 13.4. The maximum atomic E-state index is 13.1. The highest BCUT2D eigenvalue weighted by molar-refractivity contribution is 6.00. The molecule has 0 radical (unpaired) electrons. The van der Waals surface area contributed by atoms with Gasteiger partial charge >= 0.3 is 5.97 Å². The summed E-state index contributed by atoms with van der Waals surface area (Å²) in [4.78, 5) is 34.6. The number of H-pyrrole nitrogens is 1. The maximum Gasteiger partial charge on any atom is 0.340 e. The van der Waals surface area contributed by atoms with Gasteiger partial charge in [-0.05, 0) is 39.2 Å². The number of hydrogen-bond acceptors (Lipinski definition) is 7. The first kappa shape index (κ1) is 20.1. The lowest BCUT2D eigenvalue weighted by molar-refractivity contribution is 0.0387. The summed E-state index contributed by atoms with van der Waals surface area (Å²) in [6.45, 7) is 6.93. The number of esters is 1. The van der Waals surface area contributed by atoms with Crippen molar-refractivity contribution in [2.75, 3.05) is 33.4 Å². The highest BCUT2D eigenvalue weighted by Crippen LogP contribution is 2.28. The normalized spacial score (nSPS) is 17.0. The van der Waals surface area contributed by atoms with Crippen LogP contribution in [0.25, 0.3) is 0 Å². The number of carbonyl (C=O) groups is 2. The predicted octanol–water partition coefficient (Wildman–Crippen LogP) is 2.15. The number of aryl methyl sites for hydroxylation is 2. The maximum absolute atomic E-state index is 13.1. The number of likely N-dealkylation sites (tertiary alicyclic amines) is 1. The van der Waals surface area contributed by atoms with Crippen molar-refractivity contribution in [2.45, 2.75) is 39.5 Å². The zero-order chi connectivity index (χ0) is 20.3. The van der Waals surface area contributed by atoms with Crippen LogP contribution in [0.5, 0.6) is 0 Å². The number of nitrogens with one attached hydrogen (secondary N) is 1. The van der Waals surface area contributed by atoms with E-state index in [0.29, 0.717) is 53.9 Å². The van der Waals surface area contributed by atoms with E-state index >= 15 is 0 Å². The number of nitrogens with zero attached hydrogens (tertiary/aromatic N) is 3. The Morgan fingerprint density at radius 1 is 1.29 bits per heavy atom. The highest BCUT2D eigenvalue weighted by Gasteiger charge is 2.31. The average molecular weight is 390 g/mol. The summed E-state index contributed by atoms with van der Waals surface area (Å²) in [5.41, 5.74) is 2.03. The van der Waals surface area contributed by atoms with Gasteiger partial charge in [0.05, 0.1) is 18.1 Å². The highest BCUT2D eigenvalue weighted by atomic mass is 16.6. The average Bonchev–Trinajstić information content (AvgIpc) is 3.24. The van der Waals surface area contributed by atoms with Crippen LogP contribution in [0.15, 0.2) is 4.52 Å². The third kappa shape index (κ3) is 4.09. The Balaban J connectivity index is 1.75. The Morgan fingerprint density at radius 3 is 2.75 bits per heavy atom. The molecule has 1 aliphatic heterocycles. The Labute approximate surface area is 163 Å². The van der Waals surface area contributed by atoms with E-state index < -0.39 is 5.97 Å². The van der Waals surface area contributed by atoms with E-state index in [4.69, 9.17) is 14.0 Å². The summed E-state index contributed by atoms with van der Waals surface area (Å²) in [5.74, 6) is 0.578. The van der Waals surface area contributed by atoms with Gasteiger partial charge in [0, 0.05) is 25.9 Å². The quantitative estimate of drug-likeness (QED) is 0.594. The van der Waals surface area contributed by atoms with E-state index in [9.17, 15) is 9.59 Å². The molecule has 3 heterocycles. The molecule has 1 unspecified atom stereocenters. The number of piperidine rings is 1. The molecule has 0 aromatic carbocycles. The summed E-state index contributed by atoms with van der Waals surface area (Å²) in [7, 11) is 1.54. The number of hydrogen-bond donors (Lipinski definition) is 1. The number of amides is 1. The predicted molar refractivity (Wildman–Crippen MR) is 99.3 cm³/mol. The molecular weight excluding hydrogens is 364 g/mol. The van der Waals surface area contributed by atoms with Gasteiger partial charge in [0.2, 0.25) is 5.89 Å². The topological polar surface area (TPSA) is 111 Å². The first-order valence-electron chi connectivity index (χ1n) is 9.37. The third-order valence-electron chi connectivity index (χ3n) is 4.98. The SMILES string of the molecule is COCCOC(=O)c1c(C)[nH]c(C(=O)N2CCCC(c3nc(C)no3)C2)c1C. The molecule has 1 N–H and O–H groups in total. The molecular formula is C19H26N4O5. The molecule has 1 saturated heterocycles. The summed E-state index contributed by atoms with van der Waals surface area (Å²) >= 11 is 0. The number of rotatable bonds is 6. The molecule has 3 rings (SSSR count). The number of aromatic amines is 1. The zero-order valence-corrected chi connectivity index (χ0v) is 16.7. The molecule has 1 aliphatic rings. The van der Waals surface area contributed by atoms with Crippen LogP contribution in [-0.2, 0) is 9.47 Å². The van der Waals surface area contributed by atoms with Gasteiger partial charge in [0.15, 0.2) is 5.82 Å². The van der Waals surface area contributed by atoms with Crippen LogP contribution in [0, 0.1) is 20.8 Å². The van der Waals surface area contributed by atoms with Crippen molar-refractivity contribution in [3.05, 3.63) is 34.2 Å². The summed E-state index contributed by atoms with van der Waals surface area (Å²) in [6, 6.07) is 0. The van der Waals surface area contributed by atoms with E-state index in [1.54, 1.807) is 32.8 Å². The fourth-order valence-electron chi connectivity index (χ4n) is 3.56. The number of ether oxygens (including phenoxy) is 2. The molecule has 152 valence electrons. The fourth-order valence-corrected chi connectivity index (χ4v) is 3.56. The van der Waals surface area contributed by atoms with Gasteiger partial charge in [-0.25, -0.2) is 4.79 Å². The second-order valence-electron chi connectivity index (χ2n) is 7.02. The minimum Gasteiger partial charge on any atom is -0.460 e. The van der Waals surface area contributed by atoms with Crippen LogP contribution in [-0.4, -0.2) is 65.3 Å². The molecule has 9 heteroatoms.